The molecule has 0 radical (unpaired) electrons. The van der Waals surface area contributed by atoms with E-state index in [4.69, 9.17) is 0 Å². The number of alkyl halides is 3. The molecule has 0 saturated carbocycles. The molecule has 130 valence electrons. The maximum absolute atomic E-state index is 12.8. The van der Waals surface area contributed by atoms with E-state index in [2.05, 4.69) is 0 Å². The van der Waals surface area contributed by atoms with Crippen LogP contribution in [0.15, 0.2) is 47.4 Å². The Kier molecular flexibility index (Phi) is 3.56. The Hall–Kier alpha value is -2.95. The predicted molar refractivity (Wildman–Crippen MR) is 78.5 cm³/mol. The van der Waals surface area contributed by atoms with Crippen molar-refractivity contribution in [3.8, 4) is 0 Å². The molecule has 2 aromatic carbocycles. The molecular weight excluding hydrogens is 365 g/mol. The van der Waals surface area contributed by atoms with Crippen molar-refractivity contribution in [3.63, 3.8) is 0 Å². The molecule has 0 spiro atoms. The number of hydrogen-bond acceptors (Lipinski definition) is 5. The number of halogens is 3. The number of benzene rings is 2. The highest BCUT2D eigenvalue weighted by molar-refractivity contribution is 7.94. The zero-order valence-electron chi connectivity index (χ0n) is 12.0. The van der Waals surface area contributed by atoms with Crippen LogP contribution in [0.5, 0.6) is 0 Å². The van der Waals surface area contributed by atoms with E-state index in [9.17, 15) is 36.5 Å². The fourth-order valence-corrected chi connectivity index (χ4v) is 4.05. The molecule has 7 nitrogen and oxygen atoms in total. The molecule has 1 aliphatic rings. The van der Waals surface area contributed by atoms with Crippen LogP contribution >= 0.6 is 0 Å². The second kappa shape index (κ2) is 5.28. The van der Waals surface area contributed by atoms with E-state index in [1.165, 1.54) is 18.2 Å². The van der Waals surface area contributed by atoms with Crippen molar-refractivity contribution < 1.29 is 31.3 Å². The van der Waals surface area contributed by atoms with Gasteiger partial charge >= 0.3 is 6.18 Å². The Bertz CT molecular complexity index is 1020. The maximum Gasteiger partial charge on any atom is 0.416 e. The highest BCUT2D eigenvalue weighted by Crippen LogP contribution is 2.41. The van der Waals surface area contributed by atoms with E-state index in [1.54, 1.807) is 0 Å². The summed E-state index contributed by atoms with van der Waals surface area (Å²) in [6.07, 6.45) is -4.86. The van der Waals surface area contributed by atoms with Gasteiger partial charge in [0.05, 0.1) is 16.1 Å². The molecule has 1 amide bonds. The average Bonchev–Trinajstić information content (AvgIpc) is 2.73. The van der Waals surface area contributed by atoms with Gasteiger partial charge in [0.1, 0.15) is 10.6 Å². The topological polar surface area (TPSA) is 97.6 Å². The number of nitro groups is 1. The van der Waals surface area contributed by atoms with Crippen molar-refractivity contribution in [2.24, 2.45) is 0 Å². The van der Waals surface area contributed by atoms with Crippen LogP contribution in [0.2, 0.25) is 0 Å². The molecule has 0 N–H and O–H groups in total. The summed E-state index contributed by atoms with van der Waals surface area (Å²) >= 11 is 0. The molecule has 0 fully saturated rings. The molecular formula is C14H7F3N2O5S. The summed E-state index contributed by atoms with van der Waals surface area (Å²) in [4.78, 5) is 22.0. The van der Waals surface area contributed by atoms with Gasteiger partial charge in [-0.05, 0) is 24.3 Å². The number of fused-ring (bicyclic) bond motifs is 1. The minimum atomic E-state index is -4.86. The molecule has 2 aromatic rings. The Morgan fingerprint density at radius 3 is 2.28 bits per heavy atom. The van der Waals surface area contributed by atoms with Crippen LogP contribution in [-0.4, -0.2) is 19.2 Å². The summed E-state index contributed by atoms with van der Waals surface area (Å²) in [5.74, 6) is -1.07. The van der Waals surface area contributed by atoms with Crippen LogP contribution in [0, 0.1) is 10.1 Å². The summed E-state index contributed by atoms with van der Waals surface area (Å²) < 4.78 is 63.5. The Morgan fingerprint density at radius 1 is 1.08 bits per heavy atom. The third-order valence-corrected chi connectivity index (χ3v) is 5.29. The number of nitrogens with zero attached hydrogens (tertiary/aromatic N) is 2. The van der Waals surface area contributed by atoms with Crippen LogP contribution in [0.1, 0.15) is 15.9 Å². The van der Waals surface area contributed by atoms with Gasteiger partial charge in [0.25, 0.3) is 21.6 Å². The number of amides is 1. The molecule has 0 unspecified atom stereocenters. The van der Waals surface area contributed by atoms with Crippen molar-refractivity contribution in [1.29, 1.82) is 0 Å². The average molecular weight is 372 g/mol. The zero-order chi connectivity index (χ0) is 18.6. The number of rotatable bonds is 2. The Balaban J connectivity index is 2.24. The Labute approximate surface area is 138 Å². The molecule has 1 aliphatic heterocycles. The first-order valence-corrected chi connectivity index (χ1v) is 8.03. The molecule has 0 bridgehead atoms. The number of carbonyl (C=O) groups excluding carboxylic acids is 1. The predicted octanol–water partition coefficient (Wildman–Crippen LogP) is 2.96. The van der Waals surface area contributed by atoms with E-state index in [-0.39, 0.29) is 20.8 Å². The first-order chi connectivity index (χ1) is 11.5. The molecule has 11 heteroatoms. The SMILES string of the molecule is O=C1c2ccccc2S(=O)(=O)N1c1ccc(C(F)(F)F)cc1[N+](=O)[O-]. The molecule has 0 aliphatic carbocycles. The standard InChI is InChI=1S/C14H7F3N2O5S/c15-14(16,17)8-5-6-10(11(7-8)19(21)22)18-13(20)9-3-1-2-4-12(9)25(18,23)24/h1-7H. The van der Waals surface area contributed by atoms with Gasteiger partial charge in [-0.15, -0.1) is 0 Å². The molecule has 0 aromatic heterocycles. The molecule has 1 heterocycles. The number of carbonyl (C=O) groups is 1. The largest absolute Gasteiger partial charge is 0.416 e. The molecule has 3 rings (SSSR count). The lowest BCUT2D eigenvalue weighted by Gasteiger charge is -2.16. The van der Waals surface area contributed by atoms with Gasteiger partial charge in [-0.3, -0.25) is 14.9 Å². The lowest BCUT2D eigenvalue weighted by molar-refractivity contribution is -0.384. The molecule has 0 saturated heterocycles. The smallest absolute Gasteiger partial charge is 0.268 e. The van der Waals surface area contributed by atoms with Gasteiger partial charge < -0.3 is 0 Å². The minimum absolute atomic E-state index is 0.149. The molecule has 0 atom stereocenters. The second-order valence-corrected chi connectivity index (χ2v) is 6.78. The number of nitro benzene ring substituents is 1. The zero-order valence-corrected chi connectivity index (χ0v) is 12.8. The van der Waals surface area contributed by atoms with Gasteiger partial charge in [0.15, 0.2) is 0 Å². The third-order valence-electron chi connectivity index (χ3n) is 3.54. The number of anilines is 1. The third kappa shape index (κ3) is 2.52. The van der Waals surface area contributed by atoms with Gasteiger partial charge in [-0.2, -0.15) is 17.5 Å². The summed E-state index contributed by atoms with van der Waals surface area (Å²) in [7, 11) is -4.45. The quantitative estimate of drug-likeness (QED) is 0.596. The number of hydrogen-bond donors (Lipinski definition) is 0. The first kappa shape index (κ1) is 16.9. The van der Waals surface area contributed by atoms with E-state index in [0.29, 0.717) is 12.1 Å². The van der Waals surface area contributed by atoms with Crippen LogP contribution in [-0.2, 0) is 16.2 Å². The second-order valence-electron chi connectivity index (χ2n) is 5.03. The van der Waals surface area contributed by atoms with Crippen molar-refractivity contribution in [2.45, 2.75) is 11.1 Å². The Morgan fingerprint density at radius 2 is 1.72 bits per heavy atom. The van der Waals surface area contributed by atoms with Gasteiger partial charge in [0.2, 0.25) is 0 Å². The summed E-state index contributed by atoms with van der Waals surface area (Å²) in [6, 6.07) is 6.38. The highest BCUT2D eigenvalue weighted by Gasteiger charge is 2.45. The van der Waals surface area contributed by atoms with E-state index >= 15 is 0 Å². The van der Waals surface area contributed by atoms with Gasteiger partial charge in [0, 0.05) is 6.07 Å². The lowest BCUT2D eigenvalue weighted by Crippen LogP contribution is -2.30. The van der Waals surface area contributed by atoms with E-state index in [1.807, 2.05) is 0 Å². The van der Waals surface area contributed by atoms with Crippen LogP contribution in [0.25, 0.3) is 0 Å². The van der Waals surface area contributed by atoms with Crippen molar-refractivity contribution in [1.82, 2.24) is 0 Å². The van der Waals surface area contributed by atoms with Crippen molar-refractivity contribution in [3.05, 3.63) is 63.7 Å². The normalized spacial score (nSPS) is 16.0. The van der Waals surface area contributed by atoms with Gasteiger partial charge in [-0.1, -0.05) is 12.1 Å². The minimum Gasteiger partial charge on any atom is -0.268 e. The number of sulfonamides is 1. The monoisotopic (exact) mass is 372 g/mol. The van der Waals surface area contributed by atoms with Crippen molar-refractivity contribution >= 4 is 27.3 Å². The first-order valence-electron chi connectivity index (χ1n) is 6.59. The fourth-order valence-electron chi connectivity index (χ4n) is 2.44. The van der Waals surface area contributed by atoms with E-state index < -0.39 is 44.0 Å². The summed E-state index contributed by atoms with van der Waals surface area (Å²) in [5.41, 5.74) is -3.43. The van der Waals surface area contributed by atoms with Gasteiger partial charge in [-0.25, -0.2) is 8.42 Å². The summed E-state index contributed by atoms with van der Waals surface area (Å²) in [6.45, 7) is 0. The maximum atomic E-state index is 12.8. The van der Waals surface area contributed by atoms with Crippen molar-refractivity contribution in [2.75, 3.05) is 4.31 Å². The van der Waals surface area contributed by atoms with Crippen LogP contribution in [0.4, 0.5) is 24.5 Å². The highest BCUT2D eigenvalue weighted by atomic mass is 32.2. The molecule has 25 heavy (non-hydrogen) atoms. The summed E-state index contributed by atoms with van der Waals surface area (Å²) in [5, 5.41) is 11.2. The van der Waals surface area contributed by atoms with Crippen LogP contribution < -0.4 is 4.31 Å². The van der Waals surface area contributed by atoms with E-state index in [0.717, 1.165) is 6.07 Å². The lowest BCUT2D eigenvalue weighted by atomic mass is 10.1. The fraction of sp³-hybridized carbons (Fsp3) is 0.0714. The van der Waals surface area contributed by atoms with Crippen LogP contribution in [0.3, 0.4) is 0 Å².